The van der Waals surface area contributed by atoms with Gasteiger partial charge in [-0.25, -0.2) is 9.37 Å². The van der Waals surface area contributed by atoms with Crippen molar-refractivity contribution in [3.63, 3.8) is 0 Å². The lowest BCUT2D eigenvalue weighted by Gasteiger charge is -2.30. The molecule has 28 heavy (non-hydrogen) atoms. The highest BCUT2D eigenvalue weighted by atomic mass is 35.5. The van der Waals surface area contributed by atoms with Gasteiger partial charge in [0.2, 0.25) is 0 Å². The molecule has 2 fully saturated rings. The van der Waals surface area contributed by atoms with Crippen molar-refractivity contribution < 1.29 is 14.2 Å². The third-order valence-electron chi connectivity index (χ3n) is 5.67. The fraction of sp³-hybridized carbons (Fsp3) is 0.500. The zero-order chi connectivity index (χ0) is 19.8. The number of carbonyl (C=O) groups excluding carboxylic acids is 2. The van der Waals surface area contributed by atoms with Crippen LogP contribution in [0.5, 0.6) is 0 Å². The van der Waals surface area contributed by atoms with Crippen molar-refractivity contribution in [1.29, 1.82) is 0 Å². The summed E-state index contributed by atoms with van der Waals surface area (Å²) in [5.41, 5.74) is 1.01. The van der Waals surface area contributed by atoms with Gasteiger partial charge < -0.3 is 0 Å². The summed E-state index contributed by atoms with van der Waals surface area (Å²) in [5.74, 6) is 1.12. The number of piperidine rings is 1. The number of nitrogens with zero attached hydrogens (tertiary/aromatic N) is 5. The van der Waals surface area contributed by atoms with E-state index in [0.717, 1.165) is 24.5 Å². The molecule has 0 radical (unpaired) electrons. The van der Waals surface area contributed by atoms with Crippen molar-refractivity contribution >= 4 is 35.2 Å². The highest BCUT2D eigenvalue weighted by molar-refractivity contribution is 6.30. The van der Waals surface area contributed by atoms with Crippen molar-refractivity contribution in [2.75, 3.05) is 33.7 Å². The SMILES string of the molecule is CN1C(=O)C2C(=NC(CN3CCCCC3)=[N+]2Cc2cccc(Cl)c2)N(C)C1=O. The highest BCUT2D eigenvalue weighted by Crippen LogP contribution is 2.22. The monoisotopic (exact) mass is 402 g/mol. The maximum Gasteiger partial charge on any atom is 0.333 e. The molecular weight excluding hydrogens is 378 g/mol. The number of fused-ring (bicyclic) bond motifs is 1. The molecule has 8 heteroatoms. The van der Waals surface area contributed by atoms with Gasteiger partial charge in [-0.05, 0) is 48.6 Å². The Hall–Kier alpha value is -2.25. The lowest BCUT2D eigenvalue weighted by atomic mass is 10.1. The normalized spacial score (nSPS) is 23.4. The zero-order valence-electron chi connectivity index (χ0n) is 16.3. The van der Waals surface area contributed by atoms with Crippen LogP contribution in [-0.4, -0.2) is 82.7 Å². The molecule has 3 aliphatic heterocycles. The number of likely N-dealkylation sites (N-methyl/N-ethyl adjacent to an activating group) is 2. The van der Waals surface area contributed by atoms with Gasteiger partial charge in [-0.1, -0.05) is 30.2 Å². The van der Waals surface area contributed by atoms with Gasteiger partial charge >= 0.3 is 11.9 Å². The van der Waals surface area contributed by atoms with E-state index < -0.39 is 6.04 Å². The standard InChI is InChI=1S/C20H25ClN5O2/c1-23-18-17(19(27)24(2)20(23)28)26(12-14-7-6-8-15(21)11-14)16(22-18)13-25-9-4-3-5-10-25/h6-8,11,17H,3-5,9-10,12-13H2,1-2H3/q+1. The largest absolute Gasteiger partial charge is 0.333 e. The van der Waals surface area contributed by atoms with Gasteiger partial charge in [0, 0.05) is 19.1 Å². The van der Waals surface area contributed by atoms with Crippen LogP contribution in [0.25, 0.3) is 0 Å². The van der Waals surface area contributed by atoms with Crippen molar-refractivity contribution in [2.24, 2.45) is 4.99 Å². The van der Waals surface area contributed by atoms with Crippen molar-refractivity contribution in [1.82, 2.24) is 14.7 Å². The second-order valence-electron chi connectivity index (χ2n) is 7.62. The van der Waals surface area contributed by atoms with Crippen LogP contribution in [0, 0.1) is 0 Å². The van der Waals surface area contributed by atoms with Gasteiger partial charge in [0.05, 0.1) is 0 Å². The summed E-state index contributed by atoms with van der Waals surface area (Å²) in [6, 6.07) is 6.72. The maximum absolute atomic E-state index is 13.0. The Kier molecular flexibility index (Phi) is 5.21. The van der Waals surface area contributed by atoms with E-state index in [9.17, 15) is 9.59 Å². The van der Waals surface area contributed by atoms with Gasteiger partial charge in [0.25, 0.3) is 17.8 Å². The average Bonchev–Trinajstić information content (AvgIpc) is 3.03. The number of halogens is 1. The first kappa shape index (κ1) is 19.1. The topological polar surface area (TPSA) is 59.2 Å². The third-order valence-corrected chi connectivity index (χ3v) is 5.90. The Morgan fingerprint density at radius 1 is 1.14 bits per heavy atom. The van der Waals surface area contributed by atoms with Crippen LogP contribution in [0.2, 0.25) is 5.02 Å². The summed E-state index contributed by atoms with van der Waals surface area (Å²) in [4.78, 5) is 35.2. The molecule has 0 bridgehead atoms. The van der Waals surface area contributed by atoms with Crippen LogP contribution >= 0.6 is 11.6 Å². The molecule has 1 aromatic rings. The lowest BCUT2D eigenvalue weighted by Crippen LogP contribution is -2.61. The molecule has 0 saturated carbocycles. The predicted octanol–water partition coefficient (Wildman–Crippen LogP) is 2.04. The smallest absolute Gasteiger partial charge is 0.292 e. The quantitative estimate of drug-likeness (QED) is 0.724. The number of imide groups is 1. The Morgan fingerprint density at radius 3 is 2.61 bits per heavy atom. The molecular formula is C20H25ClN5O2+. The second kappa shape index (κ2) is 7.64. The number of hydrogen-bond donors (Lipinski definition) is 0. The molecule has 3 amide bonds. The number of benzene rings is 1. The molecule has 0 N–H and O–H groups in total. The first-order valence-corrected chi connectivity index (χ1v) is 10.1. The summed E-state index contributed by atoms with van der Waals surface area (Å²) < 4.78 is 2.03. The molecule has 4 rings (SSSR count). The number of amidine groups is 2. The van der Waals surface area contributed by atoms with E-state index in [0.29, 0.717) is 23.9 Å². The van der Waals surface area contributed by atoms with Gasteiger partial charge in [0.15, 0.2) is 0 Å². The summed E-state index contributed by atoms with van der Waals surface area (Å²) in [6.07, 6.45) is 3.62. The Balaban J connectivity index is 1.70. The van der Waals surface area contributed by atoms with E-state index in [1.54, 1.807) is 7.05 Å². The average molecular weight is 403 g/mol. The number of amides is 3. The highest BCUT2D eigenvalue weighted by Gasteiger charge is 2.53. The van der Waals surface area contributed by atoms with Crippen LogP contribution in [0.4, 0.5) is 4.79 Å². The number of hydrogen-bond acceptors (Lipinski definition) is 4. The van der Waals surface area contributed by atoms with Gasteiger partial charge in [-0.15, -0.1) is 0 Å². The molecule has 1 unspecified atom stereocenters. The van der Waals surface area contributed by atoms with E-state index in [1.807, 2.05) is 28.8 Å². The maximum atomic E-state index is 13.0. The number of urea groups is 1. The summed E-state index contributed by atoms with van der Waals surface area (Å²) in [7, 11) is 3.21. The van der Waals surface area contributed by atoms with Gasteiger partial charge in [-0.3, -0.25) is 19.5 Å². The summed E-state index contributed by atoms with van der Waals surface area (Å²) in [6.45, 7) is 3.27. The number of likely N-dealkylation sites (tertiary alicyclic amines) is 1. The fourth-order valence-corrected chi connectivity index (χ4v) is 4.32. The van der Waals surface area contributed by atoms with Gasteiger partial charge in [-0.2, -0.15) is 0 Å². The first-order valence-electron chi connectivity index (χ1n) is 9.69. The van der Waals surface area contributed by atoms with E-state index in [2.05, 4.69) is 4.90 Å². The van der Waals surface area contributed by atoms with E-state index >= 15 is 0 Å². The molecule has 1 aromatic carbocycles. The summed E-state index contributed by atoms with van der Waals surface area (Å²) in [5, 5.41) is 0.662. The molecule has 148 valence electrons. The van der Waals surface area contributed by atoms with Gasteiger partial charge in [0.1, 0.15) is 13.1 Å². The van der Waals surface area contributed by atoms with Crippen molar-refractivity contribution in [3.05, 3.63) is 34.9 Å². The van der Waals surface area contributed by atoms with Crippen LogP contribution in [-0.2, 0) is 11.3 Å². The second-order valence-corrected chi connectivity index (χ2v) is 8.06. The lowest BCUT2D eigenvalue weighted by molar-refractivity contribution is -0.552. The van der Waals surface area contributed by atoms with Crippen LogP contribution in [0.15, 0.2) is 29.3 Å². The molecule has 2 saturated heterocycles. The molecule has 7 nitrogen and oxygen atoms in total. The minimum Gasteiger partial charge on any atom is -0.292 e. The molecule has 0 aromatic heterocycles. The summed E-state index contributed by atoms with van der Waals surface area (Å²) >= 11 is 6.16. The Labute approximate surface area is 169 Å². The Bertz CT molecular complexity index is 875. The van der Waals surface area contributed by atoms with E-state index in [-0.39, 0.29) is 11.9 Å². The molecule has 3 heterocycles. The molecule has 3 aliphatic rings. The number of carbonyl (C=O) groups is 2. The van der Waals surface area contributed by atoms with Crippen molar-refractivity contribution in [2.45, 2.75) is 31.8 Å². The van der Waals surface area contributed by atoms with Crippen LogP contribution in [0.3, 0.4) is 0 Å². The minimum absolute atomic E-state index is 0.238. The number of aliphatic imine (C=N–C) groups is 1. The zero-order valence-corrected chi connectivity index (χ0v) is 17.0. The third kappa shape index (κ3) is 3.44. The molecule has 0 spiro atoms. The minimum atomic E-state index is -0.577. The molecule has 0 aliphatic carbocycles. The molecule has 1 atom stereocenters. The van der Waals surface area contributed by atoms with Crippen molar-refractivity contribution in [3.8, 4) is 0 Å². The first-order chi connectivity index (χ1) is 13.5. The van der Waals surface area contributed by atoms with E-state index in [4.69, 9.17) is 16.6 Å². The fourth-order valence-electron chi connectivity index (χ4n) is 4.11. The van der Waals surface area contributed by atoms with Crippen LogP contribution in [0.1, 0.15) is 24.8 Å². The van der Waals surface area contributed by atoms with Crippen LogP contribution < -0.4 is 0 Å². The Morgan fingerprint density at radius 2 is 1.89 bits per heavy atom. The van der Waals surface area contributed by atoms with E-state index in [1.165, 1.54) is 36.1 Å². The number of rotatable bonds is 4. The predicted molar refractivity (Wildman–Crippen MR) is 108 cm³/mol.